The Hall–Kier alpha value is -4.25. The van der Waals surface area contributed by atoms with Gasteiger partial charge < -0.3 is 20.3 Å². The van der Waals surface area contributed by atoms with Gasteiger partial charge in [0.05, 0.1) is 6.61 Å². The molecular weight excluding hydrogens is 438 g/mol. The monoisotopic (exact) mass is 467 g/mol. The van der Waals surface area contributed by atoms with Crippen molar-refractivity contribution in [3.63, 3.8) is 0 Å². The maximum atomic E-state index is 13.4. The highest BCUT2D eigenvalue weighted by molar-refractivity contribution is 6.05. The van der Waals surface area contributed by atoms with Gasteiger partial charge in [-0.2, -0.15) is 0 Å². The van der Waals surface area contributed by atoms with Crippen LogP contribution in [-0.4, -0.2) is 22.7 Å². The molecule has 0 aliphatic rings. The molecule has 0 fully saturated rings. The number of ether oxygens (including phenoxy) is 1. The molecule has 0 spiro atoms. The molecule has 178 valence electrons. The van der Waals surface area contributed by atoms with Crippen molar-refractivity contribution in [2.75, 3.05) is 11.9 Å². The number of carbonyl (C=O) groups is 1. The van der Waals surface area contributed by atoms with Crippen molar-refractivity contribution in [2.45, 2.75) is 25.7 Å². The number of hydrogen-bond acceptors (Lipinski definition) is 4. The van der Waals surface area contributed by atoms with Crippen LogP contribution in [0.2, 0.25) is 0 Å². The molecule has 0 aliphatic heterocycles. The van der Waals surface area contributed by atoms with Crippen LogP contribution < -0.4 is 10.1 Å². The summed E-state index contributed by atoms with van der Waals surface area (Å²) in [6.45, 7) is 2.79. The second-order valence-corrected chi connectivity index (χ2v) is 8.38. The molecule has 0 atom stereocenters. The number of hydrogen-bond donors (Lipinski definition) is 3. The van der Waals surface area contributed by atoms with E-state index in [0.717, 1.165) is 35.3 Å². The lowest BCUT2D eigenvalue weighted by Gasteiger charge is -2.22. The third-order valence-corrected chi connectivity index (χ3v) is 5.85. The zero-order valence-electron chi connectivity index (χ0n) is 19.6. The molecule has 0 aromatic heterocycles. The predicted octanol–water partition coefficient (Wildman–Crippen LogP) is 6.71. The summed E-state index contributed by atoms with van der Waals surface area (Å²) in [5.41, 5.74) is 3.88. The van der Waals surface area contributed by atoms with Crippen LogP contribution in [0.1, 0.15) is 52.7 Å². The molecule has 4 aromatic carbocycles. The normalized spacial score (nSPS) is 10.8. The maximum absolute atomic E-state index is 13.4. The van der Waals surface area contributed by atoms with E-state index in [9.17, 15) is 15.0 Å². The number of rotatable bonds is 9. The van der Waals surface area contributed by atoms with Gasteiger partial charge in [0, 0.05) is 17.2 Å². The molecule has 4 rings (SSSR count). The average molecular weight is 468 g/mol. The Morgan fingerprint density at radius 3 is 1.94 bits per heavy atom. The van der Waals surface area contributed by atoms with E-state index in [1.54, 1.807) is 30.3 Å². The maximum Gasteiger partial charge on any atom is 0.255 e. The predicted molar refractivity (Wildman–Crippen MR) is 138 cm³/mol. The number of phenolic OH excluding ortho intramolecular Hbond substituents is 2. The van der Waals surface area contributed by atoms with Crippen LogP contribution in [0.3, 0.4) is 0 Å². The summed E-state index contributed by atoms with van der Waals surface area (Å²) in [6, 6.07) is 28.8. The zero-order valence-corrected chi connectivity index (χ0v) is 19.6. The van der Waals surface area contributed by atoms with Gasteiger partial charge >= 0.3 is 0 Å². The van der Waals surface area contributed by atoms with Crippen molar-refractivity contribution < 1.29 is 19.7 Å². The smallest absolute Gasteiger partial charge is 0.255 e. The van der Waals surface area contributed by atoms with E-state index in [4.69, 9.17) is 4.74 Å². The third-order valence-electron chi connectivity index (χ3n) is 5.85. The molecule has 5 nitrogen and oxygen atoms in total. The van der Waals surface area contributed by atoms with E-state index in [1.165, 1.54) is 0 Å². The van der Waals surface area contributed by atoms with Gasteiger partial charge in [-0.15, -0.1) is 0 Å². The first-order valence-corrected chi connectivity index (χ1v) is 11.8. The quantitative estimate of drug-likeness (QED) is 0.189. The number of unbranched alkanes of at least 4 members (excludes halogenated alkanes) is 1. The fourth-order valence-electron chi connectivity index (χ4n) is 4.01. The summed E-state index contributed by atoms with van der Waals surface area (Å²) in [6.07, 6.45) is 2.07. The van der Waals surface area contributed by atoms with E-state index in [-0.39, 0.29) is 23.3 Å². The molecule has 1 amide bonds. The molecule has 0 saturated carbocycles. The Morgan fingerprint density at radius 1 is 0.800 bits per heavy atom. The van der Waals surface area contributed by atoms with Gasteiger partial charge in [0.1, 0.15) is 17.2 Å². The lowest BCUT2D eigenvalue weighted by atomic mass is 9.82. The first-order chi connectivity index (χ1) is 17.0. The standard InChI is InChI=1S/C30H29NO4/c1-2-3-20-35-26-18-12-23(13-19-26)31-30(34)28-7-5-4-6-27(28)29(21-8-14-24(32)15-9-21)22-10-16-25(33)17-11-22/h4-19,29,32-33H,2-3,20H2,1H3,(H,31,34). The van der Waals surface area contributed by atoms with E-state index < -0.39 is 0 Å². The van der Waals surface area contributed by atoms with Crippen molar-refractivity contribution in [2.24, 2.45) is 0 Å². The van der Waals surface area contributed by atoms with Crippen molar-refractivity contribution in [1.82, 2.24) is 0 Å². The number of nitrogens with one attached hydrogen (secondary N) is 1. The Morgan fingerprint density at radius 2 is 1.37 bits per heavy atom. The largest absolute Gasteiger partial charge is 0.508 e. The van der Waals surface area contributed by atoms with Crippen molar-refractivity contribution in [3.8, 4) is 17.2 Å². The molecule has 35 heavy (non-hydrogen) atoms. The topological polar surface area (TPSA) is 78.8 Å². The summed E-state index contributed by atoms with van der Waals surface area (Å²) in [7, 11) is 0. The number of phenols is 2. The first kappa shape index (κ1) is 23.9. The Bertz CT molecular complexity index is 1200. The SMILES string of the molecule is CCCCOc1ccc(NC(=O)c2ccccc2C(c2ccc(O)cc2)c2ccc(O)cc2)cc1. The van der Waals surface area contributed by atoms with Crippen LogP contribution in [-0.2, 0) is 0 Å². The van der Waals surface area contributed by atoms with E-state index >= 15 is 0 Å². The van der Waals surface area contributed by atoms with Crippen LogP contribution in [0.4, 0.5) is 5.69 Å². The molecule has 5 heteroatoms. The Balaban J connectivity index is 1.64. The highest BCUT2D eigenvalue weighted by atomic mass is 16.5. The van der Waals surface area contributed by atoms with Gasteiger partial charge in [-0.3, -0.25) is 4.79 Å². The second-order valence-electron chi connectivity index (χ2n) is 8.38. The molecule has 4 aromatic rings. The number of anilines is 1. The van der Waals surface area contributed by atoms with E-state index in [0.29, 0.717) is 17.9 Å². The summed E-state index contributed by atoms with van der Waals surface area (Å²) in [5.74, 6) is 0.629. The highest BCUT2D eigenvalue weighted by Crippen LogP contribution is 2.35. The fourth-order valence-corrected chi connectivity index (χ4v) is 4.01. The van der Waals surface area contributed by atoms with Gasteiger partial charge in [0.2, 0.25) is 0 Å². The number of amides is 1. The fraction of sp³-hybridized carbons (Fsp3) is 0.167. The Labute approximate surface area is 205 Å². The van der Waals surface area contributed by atoms with Gasteiger partial charge in [-0.05, 0) is 77.7 Å². The van der Waals surface area contributed by atoms with Crippen LogP contribution in [0.5, 0.6) is 17.2 Å². The van der Waals surface area contributed by atoms with E-state index in [2.05, 4.69) is 12.2 Å². The summed E-state index contributed by atoms with van der Waals surface area (Å²) < 4.78 is 5.71. The zero-order chi connectivity index (χ0) is 24.6. The molecule has 0 saturated heterocycles. The minimum atomic E-state index is -0.271. The van der Waals surface area contributed by atoms with Crippen molar-refractivity contribution >= 4 is 11.6 Å². The number of carbonyl (C=O) groups excluding carboxylic acids is 1. The molecule has 0 radical (unpaired) electrons. The number of benzene rings is 4. The van der Waals surface area contributed by atoms with Crippen LogP contribution in [0.15, 0.2) is 97.1 Å². The van der Waals surface area contributed by atoms with Crippen LogP contribution >= 0.6 is 0 Å². The summed E-state index contributed by atoms with van der Waals surface area (Å²) in [4.78, 5) is 13.4. The summed E-state index contributed by atoms with van der Waals surface area (Å²) in [5, 5.41) is 22.6. The second kappa shape index (κ2) is 11.3. The molecule has 3 N–H and O–H groups in total. The molecule has 0 heterocycles. The minimum absolute atomic E-state index is 0.173. The van der Waals surface area contributed by atoms with Gasteiger partial charge in [0.15, 0.2) is 0 Å². The molecule has 0 unspecified atom stereocenters. The molecule has 0 aliphatic carbocycles. The lowest BCUT2D eigenvalue weighted by Crippen LogP contribution is -2.17. The highest BCUT2D eigenvalue weighted by Gasteiger charge is 2.23. The number of aromatic hydroxyl groups is 2. The van der Waals surface area contributed by atoms with E-state index in [1.807, 2.05) is 66.7 Å². The average Bonchev–Trinajstić information content (AvgIpc) is 2.88. The van der Waals surface area contributed by atoms with Crippen LogP contribution in [0.25, 0.3) is 0 Å². The van der Waals surface area contributed by atoms with Crippen LogP contribution in [0, 0.1) is 0 Å². The van der Waals surface area contributed by atoms with Crippen molar-refractivity contribution in [1.29, 1.82) is 0 Å². The van der Waals surface area contributed by atoms with Crippen molar-refractivity contribution in [3.05, 3.63) is 119 Å². The molecular formula is C30H29NO4. The Kier molecular flexibility index (Phi) is 7.68. The minimum Gasteiger partial charge on any atom is -0.508 e. The van der Waals surface area contributed by atoms with Gasteiger partial charge in [-0.25, -0.2) is 0 Å². The summed E-state index contributed by atoms with van der Waals surface area (Å²) >= 11 is 0. The first-order valence-electron chi connectivity index (χ1n) is 11.8. The third kappa shape index (κ3) is 6.01. The molecule has 0 bridgehead atoms. The van der Waals surface area contributed by atoms with Gasteiger partial charge in [0.25, 0.3) is 5.91 Å². The van der Waals surface area contributed by atoms with Gasteiger partial charge in [-0.1, -0.05) is 55.8 Å². The lowest BCUT2D eigenvalue weighted by molar-refractivity contribution is 0.102.